The molecule has 0 unspecified atom stereocenters. The third kappa shape index (κ3) is 4.53. The summed E-state index contributed by atoms with van der Waals surface area (Å²) in [6.07, 6.45) is 3.54. The molecule has 1 heterocycles. The third-order valence-corrected chi connectivity index (χ3v) is 4.15. The zero-order chi connectivity index (χ0) is 15.7. The van der Waals surface area contributed by atoms with E-state index in [0.717, 1.165) is 18.5 Å². The molecule has 2 rings (SSSR count). The predicted molar refractivity (Wildman–Crippen MR) is 83.2 cm³/mol. The lowest BCUT2D eigenvalue weighted by molar-refractivity contribution is 0.0690. The number of carboxylic acids is 1. The van der Waals surface area contributed by atoms with Gasteiger partial charge in [-0.25, -0.2) is 9.78 Å². The number of rotatable bonds is 4. The highest BCUT2D eigenvalue weighted by Gasteiger charge is 2.38. The molecule has 2 N–H and O–H groups in total. The zero-order valence-electron chi connectivity index (χ0n) is 13.4. The number of pyridine rings is 1. The number of hydrogen-bond acceptors (Lipinski definition) is 3. The highest BCUT2D eigenvalue weighted by atomic mass is 16.4. The lowest BCUT2D eigenvalue weighted by atomic mass is 9.63. The van der Waals surface area contributed by atoms with Crippen molar-refractivity contribution < 1.29 is 9.90 Å². The fourth-order valence-corrected chi connectivity index (χ4v) is 3.94. The molecule has 0 aliphatic heterocycles. The first kappa shape index (κ1) is 16.0. The van der Waals surface area contributed by atoms with E-state index in [4.69, 9.17) is 5.11 Å². The van der Waals surface area contributed by atoms with E-state index in [0.29, 0.717) is 23.4 Å². The molecule has 0 spiro atoms. The maximum atomic E-state index is 10.9. The summed E-state index contributed by atoms with van der Waals surface area (Å²) in [7, 11) is 0. The van der Waals surface area contributed by atoms with Crippen molar-refractivity contribution in [2.45, 2.75) is 59.5 Å². The molecule has 1 aliphatic rings. The van der Waals surface area contributed by atoms with Crippen LogP contribution in [0.25, 0.3) is 0 Å². The van der Waals surface area contributed by atoms with Gasteiger partial charge in [0, 0.05) is 12.6 Å². The molecular weight excluding hydrogens is 264 g/mol. The minimum absolute atomic E-state index is 0.110. The van der Waals surface area contributed by atoms with E-state index in [1.54, 1.807) is 6.07 Å². The Labute approximate surface area is 127 Å². The number of carboxylic acid groups (broad SMARTS) is 1. The average molecular weight is 290 g/mol. The van der Waals surface area contributed by atoms with Crippen LogP contribution in [0.2, 0.25) is 0 Å². The molecule has 0 bridgehead atoms. The van der Waals surface area contributed by atoms with Crippen LogP contribution in [-0.4, -0.2) is 22.1 Å². The standard InChI is InChI=1S/C17H26N2O2/c1-16(2)8-13(9-17(3,4)11-16)18-10-12-6-5-7-14(19-12)15(20)21/h5-7,13,18H,8-11H2,1-4H3,(H,20,21). The van der Waals surface area contributed by atoms with Gasteiger partial charge >= 0.3 is 5.97 Å². The second-order valence-electron chi connectivity index (χ2n) is 7.81. The number of nitrogens with zero attached hydrogens (tertiary/aromatic N) is 1. The van der Waals surface area contributed by atoms with Crippen LogP contribution in [0.5, 0.6) is 0 Å². The van der Waals surface area contributed by atoms with Crippen LogP contribution in [-0.2, 0) is 6.54 Å². The minimum Gasteiger partial charge on any atom is -0.477 e. The highest BCUT2D eigenvalue weighted by Crippen LogP contribution is 2.45. The van der Waals surface area contributed by atoms with E-state index in [9.17, 15) is 4.79 Å². The molecule has 0 aromatic carbocycles. The second kappa shape index (κ2) is 5.76. The van der Waals surface area contributed by atoms with Crippen molar-refractivity contribution in [1.29, 1.82) is 0 Å². The first-order valence-electron chi connectivity index (χ1n) is 7.60. The minimum atomic E-state index is -0.975. The van der Waals surface area contributed by atoms with Crippen LogP contribution >= 0.6 is 0 Å². The summed E-state index contributed by atoms with van der Waals surface area (Å²) in [5.41, 5.74) is 1.58. The summed E-state index contributed by atoms with van der Waals surface area (Å²) in [5.74, 6) is -0.975. The maximum Gasteiger partial charge on any atom is 0.354 e. The van der Waals surface area contributed by atoms with Gasteiger partial charge in [0.05, 0.1) is 5.69 Å². The number of nitrogens with one attached hydrogen (secondary N) is 1. The molecule has 1 fully saturated rings. The Kier molecular flexibility index (Phi) is 4.38. The van der Waals surface area contributed by atoms with Crippen LogP contribution in [0.15, 0.2) is 18.2 Å². The van der Waals surface area contributed by atoms with Crippen molar-refractivity contribution in [3.8, 4) is 0 Å². The van der Waals surface area contributed by atoms with Crippen molar-refractivity contribution in [1.82, 2.24) is 10.3 Å². The van der Waals surface area contributed by atoms with Crippen LogP contribution < -0.4 is 5.32 Å². The van der Waals surface area contributed by atoms with Crippen LogP contribution in [0.3, 0.4) is 0 Å². The smallest absolute Gasteiger partial charge is 0.354 e. The zero-order valence-corrected chi connectivity index (χ0v) is 13.4. The molecule has 21 heavy (non-hydrogen) atoms. The Bertz CT molecular complexity index is 507. The van der Waals surface area contributed by atoms with Crippen molar-refractivity contribution in [3.63, 3.8) is 0 Å². The van der Waals surface area contributed by atoms with E-state index in [-0.39, 0.29) is 5.69 Å². The van der Waals surface area contributed by atoms with Gasteiger partial charge in [0.2, 0.25) is 0 Å². The number of aromatic nitrogens is 1. The second-order valence-corrected chi connectivity index (χ2v) is 7.81. The van der Waals surface area contributed by atoms with E-state index in [2.05, 4.69) is 38.0 Å². The topological polar surface area (TPSA) is 62.2 Å². The molecule has 116 valence electrons. The molecule has 0 saturated heterocycles. The number of hydrogen-bond donors (Lipinski definition) is 2. The van der Waals surface area contributed by atoms with Crippen LogP contribution in [0, 0.1) is 10.8 Å². The summed E-state index contributed by atoms with van der Waals surface area (Å²) in [6, 6.07) is 5.61. The molecule has 0 amide bonds. The van der Waals surface area contributed by atoms with Gasteiger partial charge in [0.25, 0.3) is 0 Å². The summed E-state index contributed by atoms with van der Waals surface area (Å²) in [5, 5.41) is 12.5. The Hall–Kier alpha value is -1.42. The molecule has 1 aromatic heterocycles. The van der Waals surface area contributed by atoms with Crippen molar-refractivity contribution >= 4 is 5.97 Å². The molecule has 4 heteroatoms. The molecule has 1 saturated carbocycles. The monoisotopic (exact) mass is 290 g/mol. The molecule has 1 aliphatic carbocycles. The first-order chi connectivity index (χ1) is 9.67. The SMILES string of the molecule is CC1(C)CC(NCc2cccc(C(=O)O)n2)CC(C)(C)C1. The Morgan fingerprint density at radius 3 is 2.48 bits per heavy atom. The summed E-state index contributed by atoms with van der Waals surface area (Å²) >= 11 is 0. The quantitative estimate of drug-likeness (QED) is 0.891. The number of carbonyl (C=O) groups is 1. The average Bonchev–Trinajstić information content (AvgIpc) is 2.33. The molecule has 0 atom stereocenters. The van der Waals surface area contributed by atoms with Gasteiger partial charge in [-0.1, -0.05) is 33.8 Å². The van der Waals surface area contributed by atoms with E-state index < -0.39 is 5.97 Å². The summed E-state index contributed by atoms with van der Waals surface area (Å²) in [4.78, 5) is 15.1. The van der Waals surface area contributed by atoms with Crippen molar-refractivity contribution in [2.24, 2.45) is 10.8 Å². The van der Waals surface area contributed by atoms with E-state index >= 15 is 0 Å². The fraction of sp³-hybridized carbons (Fsp3) is 0.647. The molecular formula is C17H26N2O2. The van der Waals surface area contributed by atoms with Gasteiger partial charge in [-0.15, -0.1) is 0 Å². The van der Waals surface area contributed by atoms with Gasteiger partial charge in [-0.2, -0.15) is 0 Å². The maximum absolute atomic E-state index is 10.9. The lowest BCUT2D eigenvalue weighted by Gasteiger charge is -2.45. The van der Waals surface area contributed by atoms with E-state index in [1.807, 2.05) is 6.07 Å². The van der Waals surface area contributed by atoms with Gasteiger partial charge in [-0.05, 0) is 42.2 Å². The predicted octanol–water partition coefficient (Wildman–Crippen LogP) is 3.47. The van der Waals surface area contributed by atoms with Crippen LogP contribution in [0.1, 0.15) is 63.1 Å². The van der Waals surface area contributed by atoms with Crippen molar-refractivity contribution in [2.75, 3.05) is 0 Å². The van der Waals surface area contributed by atoms with Crippen LogP contribution in [0.4, 0.5) is 0 Å². The van der Waals surface area contributed by atoms with Gasteiger partial charge in [-0.3, -0.25) is 0 Å². The molecule has 0 radical (unpaired) electrons. The number of aromatic carboxylic acids is 1. The van der Waals surface area contributed by atoms with Gasteiger partial charge in [0.1, 0.15) is 5.69 Å². The van der Waals surface area contributed by atoms with Gasteiger partial charge in [0.15, 0.2) is 0 Å². The van der Waals surface area contributed by atoms with E-state index in [1.165, 1.54) is 12.5 Å². The summed E-state index contributed by atoms with van der Waals surface area (Å²) in [6.45, 7) is 9.92. The molecule has 1 aromatic rings. The summed E-state index contributed by atoms with van der Waals surface area (Å²) < 4.78 is 0. The Morgan fingerprint density at radius 2 is 1.90 bits per heavy atom. The lowest BCUT2D eigenvalue weighted by Crippen LogP contribution is -2.43. The third-order valence-electron chi connectivity index (χ3n) is 4.15. The van der Waals surface area contributed by atoms with Gasteiger partial charge < -0.3 is 10.4 Å². The first-order valence-corrected chi connectivity index (χ1v) is 7.60. The fourth-order valence-electron chi connectivity index (χ4n) is 3.94. The normalized spacial score (nSPS) is 21.1. The van der Waals surface area contributed by atoms with Crippen molar-refractivity contribution in [3.05, 3.63) is 29.6 Å². The highest BCUT2D eigenvalue weighted by molar-refractivity contribution is 5.85. The Morgan fingerprint density at radius 1 is 1.29 bits per heavy atom. The largest absolute Gasteiger partial charge is 0.477 e. The Balaban J connectivity index is 1.99. The molecule has 4 nitrogen and oxygen atoms in total.